The molecule has 39 heavy (non-hydrogen) atoms. The Labute approximate surface area is 232 Å². The standard InChI is InChI=1S/C30H27ClN6O2/c1-37-10-8-23(9-11-37)39-29-14-27-24(13-26(29)34)30(21(16-33)17-35-27)36-22-6-7-28(25(31)12-22)38-18-20-4-2-19(15-32)3-5-20/h2-7,12-14,17,23H,8-11,18,34H2,1H3,(H,35,36). The first-order valence-electron chi connectivity index (χ1n) is 12.6. The number of likely N-dealkylation sites (tertiary alicyclic amines) is 1. The Kier molecular flexibility index (Phi) is 7.69. The summed E-state index contributed by atoms with van der Waals surface area (Å²) in [5.41, 5.74) is 10.7. The average molecular weight is 539 g/mol. The molecule has 0 amide bonds. The van der Waals surface area contributed by atoms with E-state index in [4.69, 9.17) is 32.1 Å². The molecule has 2 heterocycles. The van der Waals surface area contributed by atoms with Crippen LogP contribution >= 0.6 is 11.6 Å². The quantitative estimate of drug-likeness (QED) is 0.274. The van der Waals surface area contributed by atoms with Gasteiger partial charge in [0.05, 0.1) is 39.1 Å². The summed E-state index contributed by atoms with van der Waals surface area (Å²) < 4.78 is 12.1. The number of fused-ring (bicyclic) bond motifs is 1. The van der Waals surface area contributed by atoms with E-state index in [2.05, 4.69) is 34.4 Å². The van der Waals surface area contributed by atoms with Gasteiger partial charge in [-0.25, -0.2) is 0 Å². The van der Waals surface area contributed by atoms with Crippen molar-refractivity contribution in [2.45, 2.75) is 25.6 Å². The molecule has 8 nitrogen and oxygen atoms in total. The summed E-state index contributed by atoms with van der Waals surface area (Å²) in [6, 6.07) is 20.5. The van der Waals surface area contributed by atoms with Crippen LogP contribution in [0.3, 0.4) is 0 Å². The van der Waals surface area contributed by atoms with Gasteiger partial charge in [-0.15, -0.1) is 0 Å². The lowest BCUT2D eigenvalue weighted by Gasteiger charge is -2.29. The number of nitrogens with two attached hydrogens (primary N) is 1. The van der Waals surface area contributed by atoms with Crippen molar-refractivity contribution in [2.75, 3.05) is 31.2 Å². The van der Waals surface area contributed by atoms with E-state index in [1.165, 1.54) is 6.20 Å². The van der Waals surface area contributed by atoms with Crippen LogP contribution < -0.4 is 20.5 Å². The predicted octanol–water partition coefficient (Wildman–Crippen LogP) is 6.01. The first-order valence-corrected chi connectivity index (χ1v) is 13.0. The Morgan fingerprint density at radius 2 is 1.82 bits per heavy atom. The number of rotatable bonds is 7. The zero-order chi connectivity index (χ0) is 27.4. The van der Waals surface area contributed by atoms with Crippen LogP contribution in [0.2, 0.25) is 5.02 Å². The molecule has 1 aliphatic heterocycles. The Balaban J connectivity index is 1.36. The molecule has 3 aromatic carbocycles. The second kappa shape index (κ2) is 11.5. The van der Waals surface area contributed by atoms with Gasteiger partial charge in [-0.05, 0) is 61.9 Å². The summed E-state index contributed by atoms with van der Waals surface area (Å²) in [5, 5.41) is 23.2. The minimum absolute atomic E-state index is 0.108. The van der Waals surface area contributed by atoms with Gasteiger partial charge >= 0.3 is 0 Å². The molecule has 1 fully saturated rings. The largest absolute Gasteiger partial charge is 0.488 e. The first kappa shape index (κ1) is 26.1. The summed E-state index contributed by atoms with van der Waals surface area (Å²) in [6.45, 7) is 2.28. The number of nitrogens with one attached hydrogen (secondary N) is 1. The Bertz CT molecular complexity index is 1580. The molecular weight excluding hydrogens is 512 g/mol. The van der Waals surface area contributed by atoms with E-state index in [-0.39, 0.29) is 6.10 Å². The number of aromatic nitrogens is 1. The third-order valence-corrected chi connectivity index (χ3v) is 7.05. The monoisotopic (exact) mass is 538 g/mol. The smallest absolute Gasteiger partial charge is 0.144 e. The molecule has 1 aliphatic rings. The van der Waals surface area contributed by atoms with Crippen LogP contribution in [0.5, 0.6) is 11.5 Å². The van der Waals surface area contributed by atoms with Gasteiger partial charge in [-0.3, -0.25) is 4.98 Å². The number of ether oxygens (including phenoxy) is 2. The third kappa shape index (κ3) is 5.99. The van der Waals surface area contributed by atoms with Crippen LogP contribution in [0, 0.1) is 22.7 Å². The molecule has 4 aromatic rings. The highest BCUT2D eigenvalue weighted by atomic mass is 35.5. The first-order chi connectivity index (χ1) is 18.9. The van der Waals surface area contributed by atoms with E-state index in [0.29, 0.717) is 62.2 Å². The fourth-order valence-electron chi connectivity index (χ4n) is 4.52. The summed E-state index contributed by atoms with van der Waals surface area (Å²) in [5.74, 6) is 1.12. The van der Waals surface area contributed by atoms with Gasteiger partial charge in [0, 0.05) is 36.4 Å². The Hall–Kier alpha value is -4.50. The average Bonchev–Trinajstić information content (AvgIpc) is 2.95. The van der Waals surface area contributed by atoms with E-state index in [1.54, 1.807) is 30.3 Å². The number of hydrogen-bond donors (Lipinski definition) is 2. The number of piperidine rings is 1. The van der Waals surface area contributed by atoms with Crippen molar-refractivity contribution < 1.29 is 9.47 Å². The molecular formula is C30H27ClN6O2. The fourth-order valence-corrected chi connectivity index (χ4v) is 4.75. The van der Waals surface area contributed by atoms with Crippen molar-refractivity contribution in [3.63, 3.8) is 0 Å². The molecule has 0 spiro atoms. The lowest BCUT2D eigenvalue weighted by molar-refractivity contribution is 0.115. The summed E-state index contributed by atoms with van der Waals surface area (Å²) in [4.78, 5) is 6.77. The highest BCUT2D eigenvalue weighted by Gasteiger charge is 2.20. The van der Waals surface area contributed by atoms with E-state index in [0.717, 1.165) is 31.5 Å². The van der Waals surface area contributed by atoms with Crippen LogP contribution in [0.25, 0.3) is 10.9 Å². The SMILES string of the molecule is CN1CCC(Oc2cc3ncc(C#N)c(Nc4ccc(OCc5ccc(C#N)cc5)c(Cl)c4)c3cc2N)CC1. The molecule has 9 heteroatoms. The number of hydrogen-bond acceptors (Lipinski definition) is 8. The lowest BCUT2D eigenvalue weighted by atomic mass is 10.1. The zero-order valence-corrected chi connectivity index (χ0v) is 22.2. The molecule has 3 N–H and O–H groups in total. The molecule has 0 atom stereocenters. The molecule has 1 aromatic heterocycles. The van der Waals surface area contributed by atoms with Crippen LogP contribution in [0.4, 0.5) is 17.1 Å². The Morgan fingerprint density at radius 1 is 1.05 bits per heavy atom. The van der Waals surface area contributed by atoms with E-state index >= 15 is 0 Å². The number of nitrogen functional groups attached to an aromatic ring is 1. The molecule has 196 valence electrons. The molecule has 0 unspecified atom stereocenters. The number of nitrogens with zero attached hydrogens (tertiary/aromatic N) is 4. The van der Waals surface area contributed by atoms with E-state index in [1.807, 2.05) is 24.3 Å². The van der Waals surface area contributed by atoms with Crippen molar-refractivity contribution in [2.24, 2.45) is 0 Å². The highest BCUT2D eigenvalue weighted by Crippen LogP contribution is 2.37. The van der Waals surface area contributed by atoms with E-state index in [9.17, 15) is 5.26 Å². The van der Waals surface area contributed by atoms with Crippen LogP contribution in [-0.4, -0.2) is 36.1 Å². The molecule has 0 radical (unpaired) electrons. The third-order valence-electron chi connectivity index (χ3n) is 6.76. The van der Waals surface area contributed by atoms with Gasteiger partial charge in [0.2, 0.25) is 0 Å². The van der Waals surface area contributed by atoms with Crippen molar-refractivity contribution in [3.05, 3.63) is 82.5 Å². The maximum Gasteiger partial charge on any atom is 0.144 e. The summed E-state index contributed by atoms with van der Waals surface area (Å²) in [6.07, 6.45) is 3.53. The van der Waals surface area contributed by atoms with Crippen LogP contribution in [0.15, 0.2) is 60.8 Å². The zero-order valence-electron chi connectivity index (χ0n) is 21.4. The fraction of sp³-hybridized carbons (Fsp3) is 0.233. The van der Waals surface area contributed by atoms with Gasteiger partial charge in [-0.1, -0.05) is 23.7 Å². The molecule has 1 saturated heterocycles. The van der Waals surface area contributed by atoms with Gasteiger partial charge in [-0.2, -0.15) is 10.5 Å². The topological polar surface area (TPSA) is 120 Å². The number of anilines is 3. The van der Waals surface area contributed by atoms with Crippen LogP contribution in [0.1, 0.15) is 29.5 Å². The molecule has 0 saturated carbocycles. The molecule has 5 rings (SSSR count). The van der Waals surface area contributed by atoms with Crippen LogP contribution in [-0.2, 0) is 6.61 Å². The normalized spacial score (nSPS) is 13.9. The maximum absolute atomic E-state index is 9.77. The van der Waals surface area contributed by atoms with Crippen molar-refractivity contribution in [3.8, 4) is 23.6 Å². The van der Waals surface area contributed by atoms with Gasteiger partial charge in [0.25, 0.3) is 0 Å². The number of benzene rings is 3. The molecule has 0 aliphatic carbocycles. The molecule has 0 bridgehead atoms. The number of pyridine rings is 1. The minimum Gasteiger partial charge on any atom is -0.488 e. The Morgan fingerprint density at radius 3 is 2.51 bits per heavy atom. The van der Waals surface area contributed by atoms with Crippen molar-refractivity contribution >= 4 is 39.6 Å². The second-order valence-electron chi connectivity index (χ2n) is 9.55. The maximum atomic E-state index is 9.77. The second-order valence-corrected chi connectivity index (χ2v) is 9.96. The van der Waals surface area contributed by atoms with E-state index < -0.39 is 0 Å². The number of halogens is 1. The minimum atomic E-state index is 0.108. The van der Waals surface area contributed by atoms with Crippen molar-refractivity contribution in [1.82, 2.24) is 9.88 Å². The van der Waals surface area contributed by atoms with Crippen molar-refractivity contribution in [1.29, 1.82) is 10.5 Å². The number of nitriles is 2. The van der Waals surface area contributed by atoms with Gasteiger partial charge in [0.15, 0.2) is 0 Å². The predicted molar refractivity (Wildman–Crippen MR) is 152 cm³/mol. The summed E-state index contributed by atoms with van der Waals surface area (Å²) >= 11 is 6.52. The van der Waals surface area contributed by atoms with Gasteiger partial charge in [0.1, 0.15) is 30.3 Å². The highest BCUT2D eigenvalue weighted by molar-refractivity contribution is 6.32. The summed E-state index contributed by atoms with van der Waals surface area (Å²) in [7, 11) is 2.11. The van der Waals surface area contributed by atoms with Gasteiger partial charge < -0.3 is 25.4 Å². The lowest BCUT2D eigenvalue weighted by Crippen LogP contribution is -2.35.